The van der Waals surface area contributed by atoms with Gasteiger partial charge < -0.3 is 15.4 Å². The zero-order valence-electron chi connectivity index (χ0n) is 15.1. The Bertz CT molecular complexity index is 526. The molecule has 0 saturated heterocycles. The van der Waals surface area contributed by atoms with Crippen LogP contribution < -0.4 is 10.6 Å². The maximum absolute atomic E-state index is 13.7. The van der Waals surface area contributed by atoms with Gasteiger partial charge in [-0.3, -0.25) is 4.90 Å². The molecule has 5 nitrogen and oxygen atoms in total. The highest BCUT2D eigenvalue weighted by molar-refractivity contribution is 14.0. The summed E-state index contributed by atoms with van der Waals surface area (Å²) in [6, 6.07) is 7.46. The summed E-state index contributed by atoms with van der Waals surface area (Å²) in [5, 5.41) is 6.54. The molecule has 2 rings (SSSR count). The van der Waals surface area contributed by atoms with Crippen molar-refractivity contribution >= 4 is 29.9 Å². The van der Waals surface area contributed by atoms with Crippen molar-refractivity contribution in [3.8, 4) is 0 Å². The summed E-state index contributed by atoms with van der Waals surface area (Å²) in [6.07, 6.45) is 2.57. The molecule has 0 radical (unpaired) electrons. The highest BCUT2D eigenvalue weighted by Gasteiger charge is 2.28. The second-order valence-corrected chi connectivity index (χ2v) is 5.97. The highest BCUT2D eigenvalue weighted by Crippen LogP contribution is 2.25. The van der Waals surface area contributed by atoms with E-state index in [4.69, 9.17) is 4.74 Å². The van der Waals surface area contributed by atoms with E-state index < -0.39 is 0 Å². The highest BCUT2D eigenvalue weighted by atomic mass is 127. The molecule has 1 aromatic carbocycles. The Morgan fingerprint density at radius 1 is 1.28 bits per heavy atom. The van der Waals surface area contributed by atoms with E-state index in [0.29, 0.717) is 18.2 Å². The van der Waals surface area contributed by atoms with Crippen molar-refractivity contribution in [2.45, 2.75) is 32.4 Å². The summed E-state index contributed by atoms with van der Waals surface area (Å²) >= 11 is 0. The lowest BCUT2D eigenvalue weighted by Gasteiger charge is -2.22. The number of hydrogen-bond donors (Lipinski definition) is 2. The van der Waals surface area contributed by atoms with Gasteiger partial charge in [-0.1, -0.05) is 18.2 Å². The molecule has 0 spiro atoms. The average Bonchev–Trinajstić information content (AvgIpc) is 3.42. The second kappa shape index (κ2) is 12.4. The predicted octanol–water partition coefficient (Wildman–Crippen LogP) is 2.61. The van der Waals surface area contributed by atoms with Gasteiger partial charge in [-0.25, -0.2) is 9.38 Å². The third-order valence-electron chi connectivity index (χ3n) is 4.05. The normalized spacial score (nSPS) is 14.3. The number of nitrogens with one attached hydrogen (secondary N) is 2. The van der Waals surface area contributed by atoms with Crippen LogP contribution in [-0.2, 0) is 11.3 Å². The number of nitrogens with zero attached hydrogens (tertiary/aromatic N) is 2. The number of guanidine groups is 1. The van der Waals surface area contributed by atoms with Crippen molar-refractivity contribution < 1.29 is 9.13 Å². The van der Waals surface area contributed by atoms with Crippen LogP contribution in [-0.4, -0.2) is 56.8 Å². The van der Waals surface area contributed by atoms with Crippen LogP contribution in [0, 0.1) is 5.82 Å². The van der Waals surface area contributed by atoms with E-state index in [1.165, 1.54) is 18.9 Å². The Kier molecular flexibility index (Phi) is 11.0. The van der Waals surface area contributed by atoms with Gasteiger partial charge in [0.15, 0.2) is 5.96 Å². The molecule has 0 amide bonds. The van der Waals surface area contributed by atoms with E-state index in [2.05, 4.69) is 20.5 Å². The van der Waals surface area contributed by atoms with Gasteiger partial charge in [-0.05, 0) is 25.8 Å². The van der Waals surface area contributed by atoms with Crippen LogP contribution in [0.25, 0.3) is 0 Å². The molecule has 0 aliphatic heterocycles. The Morgan fingerprint density at radius 2 is 2.04 bits per heavy atom. The summed E-state index contributed by atoms with van der Waals surface area (Å²) in [5.74, 6) is 0.514. The van der Waals surface area contributed by atoms with Crippen LogP contribution in [0.5, 0.6) is 0 Å². The first-order valence-corrected chi connectivity index (χ1v) is 8.73. The van der Waals surface area contributed by atoms with Gasteiger partial charge >= 0.3 is 0 Å². The fourth-order valence-corrected chi connectivity index (χ4v) is 2.58. The standard InChI is InChI=1S/C18H29FN4O.HI/c1-3-20-18(22-14-15-6-4-5-7-17(15)19)21-10-11-23(12-13-24-2)16-8-9-16;/h4-7,16H,3,8-14H2,1-2H3,(H2,20,21,22);1H. The number of benzene rings is 1. The van der Waals surface area contributed by atoms with E-state index in [0.717, 1.165) is 38.7 Å². The van der Waals surface area contributed by atoms with Gasteiger partial charge in [0, 0.05) is 44.9 Å². The van der Waals surface area contributed by atoms with Crippen LogP contribution in [0.4, 0.5) is 4.39 Å². The fourth-order valence-electron chi connectivity index (χ4n) is 2.58. The predicted molar refractivity (Wildman–Crippen MR) is 111 cm³/mol. The molecule has 0 atom stereocenters. The maximum atomic E-state index is 13.7. The molecule has 0 bridgehead atoms. The van der Waals surface area contributed by atoms with Gasteiger partial charge in [0.05, 0.1) is 13.2 Å². The van der Waals surface area contributed by atoms with E-state index in [9.17, 15) is 4.39 Å². The molecule has 0 heterocycles. The first-order chi connectivity index (χ1) is 11.7. The van der Waals surface area contributed by atoms with E-state index in [1.807, 2.05) is 13.0 Å². The fraction of sp³-hybridized carbons (Fsp3) is 0.611. The molecule has 1 aliphatic carbocycles. The van der Waals surface area contributed by atoms with Crippen LogP contribution >= 0.6 is 24.0 Å². The number of aliphatic imine (C=N–C) groups is 1. The Balaban J connectivity index is 0.00000312. The molecule has 7 heteroatoms. The van der Waals surface area contributed by atoms with Crippen molar-refractivity contribution in [3.05, 3.63) is 35.6 Å². The van der Waals surface area contributed by atoms with E-state index >= 15 is 0 Å². The number of rotatable bonds is 10. The Hall–Kier alpha value is -0.930. The number of hydrogen-bond acceptors (Lipinski definition) is 3. The minimum atomic E-state index is -0.212. The first-order valence-electron chi connectivity index (χ1n) is 8.73. The van der Waals surface area contributed by atoms with Crippen molar-refractivity contribution in [2.24, 2.45) is 4.99 Å². The molecule has 1 aliphatic rings. The molecule has 0 aromatic heterocycles. The third kappa shape index (κ3) is 8.33. The van der Waals surface area contributed by atoms with Crippen LogP contribution in [0.2, 0.25) is 0 Å². The number of halogens is 2. The van der Waals surface area contributed by atoms with Crippen LogP contribution in [0.1, 0.15) is 25.3 Å². The Morgan fingerprint density at radius 3 is 2.68 bits per heavy atom. The molecule has 1 aromatic rings. The molecule has 1 fully saturated rings. The topological polar surface area (TPSA) is 48.9 Å². The lowest BCUT2D eigenvalue weighted by Crippen LogP contribution is -2.42. The second-order valence-electron chi connectivity index (χ2n) is 5.97. The maximum Gasteiger partial charge on any atom is 0.191 e. The number of ether oxygens (including phenoxy) is 1. The summed E-state index contributed by atoms with van der Waals surface area (Å²) in [7, 11) is 1.74. The van der Waals surface area contributed by atoms with Gasteiger partial charge in [0.25, 0.3) is 0 Å². The Labute approximate surface area is 167 Å². The SMILES string of the molecule is CCNC(=NCc1ccccc1F)NCCN(CCOC)C1CC1.I. The smallest absolute Gasteiger partial charge is 0.191 e. The molecule has 0 unspecified atom stereocenters. The molecular weight excluding hydrogens is 434 g/mol. The van der Waals surface area contributed by atoms with Gasteiger partial charge in [0.1, 0.15) is 5.82 Å². The van der Waals surface area contributed by atoms with Gasteiger partial charge in [-0.2, -0.15) is 0 Å². The van der Waals surface area contributed by atoms with Crippen molar-refractivity contribution in [1.82, 2.24) is 15.5 Å². The largest absolute Gasteiger partial charge is 0.383 e. The first kappa shape index (κ1) is 22.1. The lowest BCUT2D eigenvalue weighted by molar-refractivity contribution is 0.144. The zero-order valence-corrected chi connectivity index (χ0v) is 17.5. The molecule has 142 valence electrons. The zero-order chi connectivity index (χ0) is 17.2. The minimum Gasteiger partial charge on any atom is -0.383 e. The third-order valence-corrected chi connectivity index (χ3v) is 4.05. The van der Waals surface area contributed by atoms with Crippen molar-refractivity contribution in [1.29, 1.82) is 0 Å². The van der Waals surface area contributed by atoms with Crippen molar-refractivity contribution in [3.63, 3.8) is 0 Å². The van der Waals surface area contributed by atoms with Gasteiger partial charge in [0.2, 0.25) is 0 Å². The van der Waals surface area contributed by atoms with Crippen LogP contribution in [0.15, 0.2) is 29.3 Å². The summed E-state index contributed by atoms with van der Waals surface area (Å²) in [4.78, 5) is 6.93. The lowest BCUT2D eigenvalue weighted by atomic mass is 10.2. The molecule has 1 saturated carbocycles. The summed E-state index contributed by atoms with van der Waals surface area (Å²) < 4.78 is 18.9. The van der Waals surface area contributed by atoms with Crippen molar-refractivity contribution in [2.75, 3.05) is 39.9 Å². The quantitative estimate of drug-likeness (QED) is 0.318. The summed E-state index contributed by atoms with van der Waals surface area (Å²) in [6.45, 7) is 6.62. The number of methoxy groups -OCH3 is 1. The van der Waals surface area contributed by atoms with E-state index in [1.54, 1.807) is 19.2 Å². The minimum absolute atomic E-state index is 0. The van der Waals surface area contributed by atoms with E-state index in [-0.39, 0.29) is 29.8 Å². The van der Waals surface area contributed by atoms with Crippen LogP contribution in [0.3, 0.4) is 0 Å². The monoisotopic (exact) mass is 464 g/mol. The van der Waals surface area contributed by atoms with Gasteiger partial charge in [-0.15, -0.1) is 24.0 Å². The molecule has 25 heavy (non-hydrogen) atoms. The molecule has 2 N–H and O–H groups in total. The average molecular weight is 464 g/mol. The molecular formula is C18H30FIN4O. The summed E-state index contributed by atoms with van der Waals surface area (Å²) in [5.41, 5.74) is 0.606.